The monoisotopic (exact) mass is 288 g/mol. The highest BCUT2D eigenvalue weighted by atomic mass is 16.4. The first-order chi connectivity index (χ1) is 10.2. The summed E-state index contributed by atoms with van der Waals surface area (Å²) in [5.41, 5.74) is 1.58. The number of hydrogen-bond donors (Lipinski definition) is 1. The standard InChI is InChI=1S/C17H24N2O2/c20-17(21)15-8-6-14(7-9-15)13-19-12-4-11-18-10-3-1-2-5-16(18)19/h6-9,16H,1-5,10-13H2,(H,20,21). The van der Waals surface area contributed by atoms with Crippen molar-refractivity contribution in [3.05, 3.63) is 35.4 Å². The summed E-state index contributed by atoms with van der Waals surface area (Å²) in [5.74, 6) is -0.852. The molecule has 114 valence electrons. The van der Waals surface area contributed by atoms with E-state index < -0.39 is 5.97 Å². The van der Waals surface area contributed by atoms with Crippen molar-refractivity contribution < 1.29 is 9.90 Å². The minimum Gasteiger partial charge on any atom is -0.478 e. The van der Waals surface area contributed by atoms with Crippen LogP contribution in [0.25, 0.3) is 0 Å². The van der Waals surface area contributed by atoms with E-state index in [9.17, 15) is 4.79 Å². The molecular formula is C17H24N2O2. The van der Waals surface area contributed by atoms with Crippen LogP contribution in [0, 0.1) is 0 Å². The molecule has 1 aromatic carbocycles. The highest BCUT2D eigenvalue weighted by Gasteiger charge is 2.29. The number of benzene rings is 1. The SMILES string of the molecule is O=C(O)c1ccc(CN2CCCN3CCCCCC32)cc1. The van der Waals surface area contributed by atoms with Crippen LogP contribution in [-0.4, -0.2) is 46.7 Å². The number of carboxylic acid groups (broad SMARTS) is 1. The molecule has 0 radical (unpaired) electrons. The van der Waals surface area contributed by atoms with Gasteiger partial charge in [0, 0.05) is 19.6 Å². The number of aromatic carboxylic acids is 1. The van der Waals surface area contributed by atoms with E-state index in [2.05, 4.69) is 9.80 Å². The second kappa shape index (κ2) is 6.58. The molecule has 1 unspecified atom stereocenters. The lowest BCUT2D eigenvalue weighted by Gasteiger charge is -2.43. The molecule has 1 aromatic rings. The quantitative estimate of drug-likeness (QED) is 0.929. The highest BCUT2D eigenvalue weighted by Crippen LogP contribution is 2.25. The molecule has 0 amide bonds. The van der Waals surface area contributed by atoms with Gasteiger partial charge in [0.15, 0.2) is 0 Å². The molecule has 1 atom stereocenters. The number of rotatable bonds is 3. The summed E-state index contributed by atoms with van der Waals surface area (Å²) in [6.45, 7) is 4.56. The Morgan fingerprint density at radius 3 is 2.57 bits per heavy atom. The third-order valence-electron chi connectivity index (χ3n) is 4.73. The van der Waals surface area contributed by atoms with Crippen molar-refractivity contribution in [2.24, 2.45) is 0 Å². The average molecular weight is 288 g/mol. The maximum Gasteiger partial charge on any atom is 0.335 e. The number of carboxylic acids is 1. The number of fused-ring (bicyclic) bond motifs is 1. The van der Waals surface area contributed by atoms with E-state index in [0.717, 1.165) is 13.1 Å². The van der Waals surface area contributed by atoms with Crippen molar-refractivity contribution in [2.45, 2.75) is 44.8 Å². The first-order valence-electron chi connectivity index (χ1n) is 8.04. The molecule has 0 spiro atoms. The van der Waals surface area contributed by atoms with E-state index in [1.54, 1.807) is 12.1 Å². The summed E-state index contributed by atoms with van der Waals surface area (Å²) in [6.07, 6.45) is 7.11. The molecule has 1 N–H and O–H groups in total. The Labute approximate surface area is 126 Å². The fraction of sp³-hybridized carbons (Fsp3) is 0.588. The van der Waals surface area contributed by atoms with E-state index in [0.29, 0.717) is 11.7 Å². The van der Waals surface area contributed by atoms with Gasteiger partial charge in [-0.1, -0.05) is 25.0 Å². The van der Waals surface area contributed by atoms with Crippen molar-refractivity contribution in [2.75, 3.05) is 19.6 Å². The topological polar surface area (TPSA) is 43.8 Å². The van der Waals surface area contributed by atoms with Crippen LogP contribution in [0.1, 0.15) is 48.0 Å². The van der Waals surface area contributed by atoms with Crippen molar-refractivity contribution in [3.63, 3.8) is 0 Å². The zero-order valence-electron chi connectivity index (χ0n) is 12.5. The molecule has 4 heteroatoms. The van der Waals surface area contributed by atoms with Gasteiger partial charge < -0.3 is 5.11 Å². The average Bonchev–Trinajstić information content (AvgIpc) is 2.74. The molecule has 2 aliphatic heterocycles. The summed E-state index contributed by atoms with van der Waals surface area (Å²) < 4.78 is 0. The summed E-state index contributed by atoms with van der Waals surface area (Å²) in [5, 5.41) is 8.97. The lowest BCUT2D eigenvalue weighted by Crippen LogP contribution is -2.52. The van der Waals surface area contributed by atoms with Crippen LogP contribution in [0.15, 0.2) is 24.3 Å². The first-order valence-corrected chi connectivity index (χ1v) is 8.04. The third-order valence-corrected chi connectivity index (χ3v) is 4.73. The Bertz CT molecular complexity index is 486. The Kier molecular flexibility index (Phi) is 4.56. The smallest absolute Gasteiger partial charge is 0.335 e. The van der Waals surface area contributed by atoms with Crippen molar-refractivity contribution in [3.8, 4) is 0 Å². The fourth-order valence-corrected chi connectivity index (χ4v) is 3.62. The molecule has 2 aliphatic rings. The van der Waals surface area contributed by atoms with Gasteiger partial charge in [-0.3, -0.25) is 9.80 Å². The number of carbonyl (C=O) groups is 1. The van der Waals surface area contributed by atoms with Gasteiger partial charge in [0.05, 0.1) is 11.7 Å². The molecule has 3 rings (SSSR count). The van der Waals surface area contributed by atoms with Gasteiger partial charge in [0.25, 0.3) is 0 Å². The van der Waals surface area contributed by atoms with Crippen molar-refractivity contribution >= 4 is 5.97 Å². The van der Waals surface area contributed by atoms with Crippen LogP contribution in [-0.2, 0) is 6.54 Å². The lowest BCUT2D eigenvalue weighted by molar-refractivity contribution is -0.000350. The zero-order valence-corrected chi connectivity index (χ0v) is 12.5. The van der Waals surface area contributed by atoms with E-state index in [1.807, 2.05) is 12.1 Å². The zero-order chi connectivity index (χ0) is 14.7. The molecule has 2 fully saturated rings. The van der Waals surface area contributed by atoms with Crippen LogP contribution in [0.2, 0.25) is 0 Å². The molecular weight excluding hydrogens is 264 g/mol. The highest BCUT2D eigenvalue weighted by molar-refractivity contribution is 5.87. The molecule has 0 saturated carbocycles. The van der Waals surface area contributed by atoms with E-state index >= 15 is 0 Å². The summed E-state index contributed by atoms with van der Waals surface area (Å²) >= 11 is 0. The second-order valence-corrected chi connectivity index (χ2v) is 6.19. The predicted molar refractivity (Wildman–Crippen MR) is 82.3 cm³/mol. The third kappa shape index (κ3) is 3.44. The summed E-state index contributed by atoms with van der Waals surface area (Å²) in [4.78, 5) is 16.1. The normalized spacial score (nSPS) is 24.3. The molecule has 21 heavy (non-hydrogen) atoms. The Hall–Kier alpha value is -1.39. The van der Waals surface area contributed by atoms with E-state index in [1.165, 1.54) is 50.8 Å². The predicted octanol–water partition coefficient (Wildman–Crippen LogP) is 2.79. The van der Waals surface area contributed by atoms with Crippen LogP contribution in [0.3, 0.4) is 0 Å². The van der Waals surface area contributed by atoms with E-state index in [-0.39, 0.29) is 0 Å². The summed E-state index contributed by atoms with van der Waals surface area (Å²) in [6, 6.07) is 7.34. The molecule has 4 nitrogen and oxygen atoms in total. The molecule has 0 aromatic heterocycles. The van der Waals surface area contributed by atoms with Crippen LogP contribution in [0.4, 0.5) is 0 Å². The maximum absolute atomic E-state index is 10.9. The molecule has 0 aliphatic carbocycles. The van der Waals surface area contributed by atoms with Gasteiger partial charge in [-0.15, -0.1) is 0 Å². The van der Waals surface area contributed by atoms with Crippen molar-refractivity contribution in [1.29, 1.82) is 0 Å². The molecule has 2 heterocycles. The Balaban J connectivity index is 1.69. The lowest BCUT2D eigenvalue weighted by atomic mass is 10.1. The van der Waals surface area contributed by atoms with E-state index in [4.69, 9.17) is 5.11 Å². The maximum atomic E-state index is 10.9. The van der Waals surface area contributed by atoms with Gasteiger partial charge in [-0.05, 0) is 43.5 Å². The Morgan fingerprint density at radius 1 is 1.05 bits per heavy atom. The minimum atomic E-state index is -0.852. The summed E-state index contributed by atoms with van der Waals surface area (Å²) in [7, 11) is 0. The van der Waals surface area contributed by atoms with Gasteiger partial charge >= 0.3 is 5.97 Å². The van der Waals surface area contributed by atoms with Crippen LogP contribution >= 0.6 is 0 Å². The largest absolute Gasteiger partial charge is 0.478 e. The Morgan fingerprint density at radius 2 is 1.81 bits per heavy atom. The molecule has 0 bridgehead atoms. The van der Waals surface area contributed by atoms with Gasteiger partial charge in [-0.2, -0.15) is 0 Å². The fourth-order valence-electron chi connectivity index (χ4n) is 3.62. The molecule has 2 saturated heterocycles. The van der Waals surface area contributed by atoms with Crippen LogP contribution in [0.5, 0.6) is 0 Å². The first kappa shape index (κ1) is 14.5. The number of nitrogens with zero attached hydrogens (tertiary/aromatic N) is 2. The minimum absolute atomic E-state index is 0.369. The van der Waals surface area contributed by atoms with Gasteiger partial charge in [0.2, 0.25) is 0 Å². The van der Waals surface area contributed by atoms with Crippen molar-refractivity contribution in [1.82, 2.24) is 9.80 Å². The van der Waals surface area contributed by atoms with Gasteiger partial charge in [-0.25, -0.2) is 4.79 Å². The number of hydrogen-bond acceptors (Lipinski definition) is 3. The van der Waals surface area contributed by atoms with Gasteiger partial charge in [0.1, 0.15) is 0 Å². The van der Waals surface area contributed by atoms with Crippen LogP contribution < -0.4 is 0 Å². The second-order valence-electron chi connectivity index (χ2n) is 6.19.